The second-order valence-corrected chi connectivity index (χ2v) is 9.57. The number of thiophene rings is 1. The van der Waals surface area contributed by atoms with E-state index in [-0.39, 0.29) is 5.91 Å². The van der Waals surface area contributed by atoms with Crippen molar-refractivity contribution in [3.63, 3.8) is 0 Å². The molecular weight excluding hydrogens is 376 g/mol. The number of piperidine rings is 1. The van der Waals surface area contributed by atoms with Gasteiger partial charge in [0.1, 0.15) is 4.83 Å². The van der Waals surface area contributed by atoms with Gasteiger partial charge in [-0.3, -0.25) is 4.79 Å². The Morgan fingerprint density at radius 2 is 1.96 bits per heavy atom. The third-order valence-corrected chi connectivity index (χ3v) is 7.83. The van der Waals surface area contributed by atoms with Crippen molar-refractivity contribution in [1.82, 2.24) is 15.2 Å². The number of hydrogen-bond acceptors (Lipinski definition) is 6. The molecule has 7 heteroatoms. The normalized spacial score (nSPS) is 19.0. The number of anilines is 2. The molecule has 0 bridgehead atoms. The first-order chi connectivity index (χ1) is 13.2. The minimum Gasteiger partial charge on any atom is -0.338 e. The number of amides is 1. The predicted molar refractivity (Wildman–Crippen MR) is 112 cm³/mol. The molecule has 2 aliphatic heterocycles. The molecule has 1 aromatic carbocycles. The maximum Gasteiger partial charge on any atom is 0.264 e. The van der Waals surface area contributed by atoms with E-state index in [1.807, 2.05) is 41.3 Å². The van der Waals surface area contributed by atoms with Crippen LogP contribution in [0.5, 0.6) is 0 Å². The van der Waals surface area contributed by atoms with E-state index in [9.17, 15) is 4.79 Å². The lowest BCUT2D eigenvalue weighted by molar-refractivity contribution is 0.0612. The quantitative estimate of drug-likeness (QED) is 0.690. The Bertz CT molecular complexity index is 917. The summed E-state index contributed by atoms with van der Waals surface area (Å²) in [6.45, 7) is 3.99. The molecule has 2 aliphatic rings. The molecule has 2 fully saturated rings. The van der Waals surface area contributed by atoms with Crippen LogP contribution in [-0.2, 0) is 0 Å². The Hall–Kier alpha value is -1.96. The van der Waals surface area contributed by atoms with Crippen molar-refractivity contribution in [2.24, 2.45) is 5.41 Å². The summed E-state index contributed by atoms with van der Waals surface area (Å²) < 4.78 is 1.08. The van der Waals surface area contributed by atoms with Crippen LogP contribution in [0.2, 0.25) is 0 Å². The number of fused-ring (bicyclic) bond motifs is 1. The van der Waals surface area contributed by atoms with Crippen LogP contribution < -0.4 is 10.6 Å². The number of carbonyl (C=O) groups excluding carboxylic acids is 1. The Morgan fingerprint density at radius 3 is 2.67 bits per heavy atom. The molecule has 0 atom stereocenters. The van der Waals surface area contributed by atoms with Crippen molar-refractivity contribution >= 4 is 48.9 Å². The average Bonchev–Trinajstić information content (AvgIpc) is 3.38. The van der Waals surface area contributed by atoms with Crippen LogP contribution in [0.3, 0.4) is 0 Å². The van der Waals surface area contributed by atoms with Crippen molar-refractivity contribution in [2.45, 2.75) is 19.3 Å². The number of likely N-dealkylation sites (tertiary alicyclic amines) is 1. The third-order valence-electron chi connectivity index (χ3n) is 5.77. The number of nitrogens with one attached hydrogen (secondary N) is 2. The summed E-state index contributed by atoms with van der Waals surface area (Å²) in [6.07, 6.45) is 3.49. The van der Waals surface area contributed by atoms with E-state index in [2.05, 4.69) is 15.6 Å². The van der Waals surface area contributed by atoms with E-state index in [1.165, 1.54) is 17.8 Å². The molecule has 0 aliphatic carbocycles. The molecule has 1 amide bonds. The lowest BCUT2D eigenvalue weighted by atomic mass is 9.78. The fourth-order valence-corrected chi connectivity index (χ4v) is 6.21. The zero-order chi connectivity index (χ0) is 18.3. The summed E-state index contributed by atoms with van der Waals surface area (Å²) in [5.74, 6) is 0.170. The second kappa shape index (κ2) is 6.89. The van der Waals surface area contributed by atoms with Crippen molar-refractivity contribution in [2.75, 3.05) is 31.5 Å². The van der Waals surface area contributed by atoms with E-state index in [1.54, 1.807) is 11.3 Å². The number of nitrogens with zero attached hydrogens (tertiary/aromatic N) is 2. The van der Waals surface area contributed by atoms with Gasteiger partial charge in [0, 0.05) is 25.3 Å². The topological polar surface area (TPSA) is 57.3 Å². The molecule has 2 saturated heterocycles. The molecule has 1 spiro atoms. The van der Waals surface area contributed by atoms with E-state index in [4.69, 9.17) is 0 Å². The number of carbonyl (C=O) groups is 1. The molecule has 0 saturated carbocycles. The van der Waals surface area contributed by atoms with Gasteiger partial charge in [-0.1, -0.05) is 29.5 Å². The number of thiazole rings is 1. The number of benzene rings is 1. The van der Waals surface area contributed by atoms with Crippen LogP contribution in [0, 0.1) is 5.41 Å². The van der Waals surface area contributed by atoms with Crippen LogP contribution >= 0.6 is 22.7 Å². The molecular formula is C20H22N4OS2. The van der Waals surface area contributed by atoms with Crippen LogP contribution in [0.25, 0.3) is 9.53 Å². The Balaban J connectivity index is 1.28. The van der Waals surface area contributed by atoms with Gasteiger partial charge in [0.25, 0.3) is 5.91 Å². The lowest BCUT2D eigenvalue weighted by Crippen LogP contribution is -2.43. The Kier molecular flexibility index (Phi) is 4.38. The molecule has 0 unspecified atom stereocenters. The Labute approximate surface area is 166 Å². The second-order valence-electron chi connectivity index (χ2n) is 7.51. The third kappa shape index (κ3) is 3.35. The fraction of sp³-hybridized carbons (Fsp3) is 0.400. The van der Waals surface area contributed by atoms with Gasteiger partial charge in [-0.15, -0.1) is 11.3 Å². The number of hydrogen-bond donors (Lipinski definition) is 2. The molecule has 2 N–H and O–H groups in total. The van der Waals surface area contributed by atoms with Gasteiger partial charge in [0.2, 0.25) is 0 Å². The van der Waals surface area contributed by atoms with Crippen LogP contribution in [0.4, 0.5) is 10.8 Å². The van der Waals surface area contributed by atoms with E-state index in [0.29, 0.717) is 5.41 Å². The van der Waals surface area contributed by atoms with Gasteiger partial charge in [0.15, 0.2) is 5.13 Å². The van der Waals surface area contributed by atoms with E-state index >= 15 is 0 Å². The van der Waals surface area contributed by atoms with E-state index in [0.717, 1.165) is 64.2 Å². The number of para-hydroxylation sites is 1. The summed E-state index contributed by atoms with van der Waals surface area (Å²) >= 11 is 3.11. The first-order valence-corrected chi connectivity index (χ1v) is 11.1. The molecule has 4 heterocycles. The summed E-state index contributed by atoms with van der Waals surface area (Å²) in [5.41, 5.74) is 1.46. The minimum atomic E-state index is 0.170. The highest BCUT2D eigenvalue weighted by atomic mass is 32.1. The number of rotatable bonds is 3. The maximum atomic E-state index is 12.9. The molecule has 140 valence electrons. The van der Waals surface area contributed by atoms with Gasteiger partial charge in [-0.25, -0.2) is 4.98 Å². The standard InChI is InChI=1S/C20H22N4OS2/c25-18(24-10-7-20(8-11-24)6-9-21-13-20)16-12-15-17(26-16)23-19(27-15)22-14-4-2-1-3-5-14/h1-5,12,21H,6-11,13H2,(H,22,23). The zero-order valence-electron chi connectivity index (χ0n) is 15.0. The first kappa shape index (κ1) is 17.2. The van der Waals surface area contributed by atoms with Crippen molar-refractivity contribution < 1.29 is 4.79 Å². The summed E-state index contributed by atoms with van der Waals surface area (Å²) in [6, 6.07) is 12.0. The molecule has 3 aromatic rings. The molecule has 2 aromatic heterocycles. The lowest BCUT2D eigenvalue weighted by Gasteiger charge is -2.38. The highest BCUT2D eigenvalue weighted by Gasteiger charge is 2.38. The first-order valence-electron chi connectivity index (χ1n) is 9.43. The fourth-order valence-electron chi connectivity index (χ4n) is 4.10. The van der Waals surface area contributed by atoms with Crippen LogP contribution in [-0.4, -0.2) is 42.0 Å². The zero-order valence-corrected chi connectivity index (χ0v) is 16.7. The van der Waals surface area contributed by atoms with Crippen LogP contribution in [0.15, 0.2) is 36.4 Å². The minimum absolute atomic E-state index is 0.170. The SMILES string of the molecule is O=C(c1cc2sc(Nc3ccccc3)nc2s1)N1CCC2(CCNC2)CC1. The highest BCUT2D eigenvalue weighted by molar-refractivity contribution is 7.29. The Morgan fingerprint density at radius 1 is 1.15 bits per heavy atom. The monoisotopic (exact) mass is 398 g/mol. The van der Waals surface area contributed by atoms with E-state index < -0.39 is 0 Å². The smallest absolute Gasteiger partial charge is 0.264 e. The van der Waals surface area contributed by atoms with Gasteiger partial charge in [-0.05, 0) is 49.4 Å². The number of aromatic nitrogens is 1. The molecule has 5 rings (SSSR count). The van der Waals surface area contributed by atoms with Crippen molar-refractivity contribution in [3.05, 3.63) is 41.3 Å². The molecule has 27 heavy (non-hydrogen) atoms. The summed E-state index contributed by atoms with van der Waals surface area (Å²) in [7, 11) is 0. The highest BCUT2D eigenvalue weighted by Crippen LogP contribution is 2.39. The largest absolute Gasteiger partial charge is 0.338 e. The molecule has 5 nitrogen and oxygen atoms in total. The predicted octanol–water partition coefficient (Wildman–Crippen LogP) is 4.32. The summed E-state index contributed by atoms with van der Waals surface area (Å²) in [4.78, 5) is 21.4. The van der Waals surface area contributed by atoms with Gasteiger partial charge < -0.3 is 15.5 Å². The van der Waals surface area contributed by atoms with Crippen molar-refractivity contribution in [1.29, 1.82) is 0 Å². The van der Waals surface area contributed by atoms with Gasteiger partial charge >= 0.3 is 0 Å². The average molecular weight is 399 g/mol. The van der Waals surface area contributed by atoms with Gasteiger partial charge in [-0.2, -0.15) is 0 Å². The maximum absolute atomic E-state index is 12.9. The van der Waals surface area contributed by atoms with Crippen molar-refractivity contribution in [3.8, 4) is 0 Å². The summed E-state index contributed by atoms with van der Waals surface area (Å²) in [5, 5.41) is 7.68. The van der Waals surface area contributed by atoms with Crippen LogP contribution in [0.1, 0.15) is 28.9 Å². The van der Waals surface area contributed by atoms with Gasteiger partial charge in [0.05, 0.1) is 9.58 Å². The molecule has 0 radical (unpaired) electrons.